The Morgan fingerprint density at radius 3 is 2.35 bits per heavy atom. The number of halogens is 3. The van der Waals surface area contributed by atoms with Gasteiger partial charge in [-0.1, -0.05) is 12.2 Å². The van der Waals surface area contributed by atoms with Gasteiger partial charge in [-0.05, 0) is 51.0 Å². The van der Waals surface area contributed by atoms with Crippen LogP contribution in [0.5, 0.6) is 0 Å². The van der Waals surface area contributed by atoms with Crippen LogP contribution in [0.1, 0.15) is 39.5 Å². The van der Waals surface area contributed by atoms with Crippen molar-refractivity contribution in [3.63, 3.8) is 0 Å². The van der Waals surface area contributed by atoms with Crippen molar-refractivity contribution in [2.75, 3.05) is 6.61 Å². The monoisotopic (exact) mass is 290 g/mol. The summed E-state index contributed by atoms with van der Waals surface area (Å²) in [5.74, 6) is -1.38. The second-order valence-corrected chi connectivity index (χ2v) is 5.15. The van der Waals surface area contributed by atoms with Crippen molar-refractivity contribution < 1.29 is 22.7 Å². The molecule has 1 saturated carbocycles. The van der Waals surface area contributed by atoms with Gasteiger partial charge in [-0.2, -0.15) is 13.2 Å². The molecule has 0 amide bonds. The van der Waals surface area contributed by atoms with Gasteiger partial charge in [-0.3, -0.25) is 0 Å². The summed E-state index contributed by atoms with van der Waals surface area (Å²) >= 11 is 0. The van der Waals surface area contributed by atoms with Crippen LogP contribution in [-0.2, 0) is 9.53 Å². The Morgan fingerprint density at radius 1 is 1.25 bits per heavy atom. The molecule has 0 aromatic heterocycles. The van der Waals surface area contributed by atoms with Gasteiger partial charge in [0, 0.05) is 6.08 Å². The first-order chi connectivity index (χ1) is 9.32. The summed E-state index contributed by atoms with van der Waals surface area (Å²) in [6.45, 7) is 3.83. The van der Waals surface area contributed by atoms with Crippen molar-refractivity contribution in [1.29, 1.82) is 0 Å². The zero-order valence-corrected chi connectivity index (χ0v) is 11.9. The molecule has 5 heteroatoms. The van der Waals surface area contributed by atoms with Crippen LogP contribution in [0.4, 0.5) is 13.2 Å². The standard InChI is InChI=1S/C15H21F3O2/c1-3-20-14(19)10-11(2)4-5-12-6-8-13(9-7-12)15(16,17)18/h4-5,10,12-13H,3,6-9H2,1-2H3/b5-4+,11-10+. The molecule has 0 spiro atoms. The molecule has 20 heavy (non-hydrogen) atoms. The van der Waals surface area contributed by atoms with Crippen LogP contribution in [-0.4, -0.2) is 18.8 Å². The maximum absolute atomic E-state index is 12.5. The molecule has 0 unspecified atom stereocenters. The molecule has 1 aliphatic rings. The number of esters is 1. The zero-order chi connectivity index (χ0) is 15.2. The maximum atomic E-state index is 12.5. The quantitative estimate of drug-likeness (QED) is 0.435. The summed E-state index contributed by atoms with van der Waals surface area (Å²) in [4.78, 5) is 11.2. The number of carbonyl (C=O) groups is 1. The molecular weight excluding hydrogens is 269 g/mol. The molecule has 2 nitrogen and oxygen atoms in total. The molecule has 0 bridgehead atoms. The van der Waals surface area contributed by atoms with Crippen molar-refractivity contribution in [2.45, 2.75) is 45.7 Å². The number of hydrogen-bond donors (Lipinski definition) is 0. The Kier molecular flexibility index (Phi) is 6.30. The summed E-state index contributed by atoms with van der Waals surface area (Å²) < 4.78 is 42.3. The first-order valence-electron chi connectivity index (χ1n) is 6.93. The molecule has 0 radical (unpaired) electrons. The number of allylic oxidation sites excluding steroid dienone is 3. The Bertz CT molecular complexity index is 375. The first kappa shape index (κ1) is 16.8. The molecule has 114 valence electrons. The molecule has 0 aliphatic heterocycles. The third-order valence-electron chi connectivity index (χ3n) is 3.50. The fourth-order valence-corrected chi connectivity index (χ4v) is 2.34. The van der Waals surface area contributed by atoms with Gasteiger partial charge in [-0.15, -0.1) is 0 Å². The maximum Gasteiger partial charge on any atom is 0.391 e. The molecule has 1 aliphatic carbocycles. The average Bonchev–Trinajstić information content (AvgIpc) is 2.36. The van der Waals surface area contributed by atoms with Crippen LogP contribution >= 0.6 is 0 Å². The number of alkyl halides is 3. The van der Waals surface area contributed by atoms with E-state index in [4.69, 9.17) is 4.74 Å². The second kappa shape index (κ2) is 7.50. The normalized spacial score (nSPS) is 24.9. The molecule has 1 fully saturated rings. The molecule has 0 saturated heterocycles. The predicted octanol–water partition coefficient (Wildman–Crippen LogP) is 4.42. The minimum absolute atomic E-state index is 0.166. The molecule has 1 rings (SSSR count). The zero-order valence-electron chi connectivity index (χ0n) is 11.9. The number of rotatable bonds is 4. The number of hydrogen-bond acceptors (Lipinski definition) is 2. The minimum atomic E-state index is -4.06. The Balaban J connectivity index is 2.43. The summed E-state index contributed by atoms with van der Waals surface area (Å²) in [6, 6.07) is 0. The van der Waals surface area contributed by atoms with Crippen molar-refractivity contribution >= 4 is 5.97 Å². The lowest BCUT2D eigenvalue weighted by atomic mass is 9.81. The van der Waals surface area contributed by atoms with Gasteiger partial charge in [0.25, 0.3) is 0 Å². The molecule has 0 atom stereocenters. The van der Waals surface area contributed by atoms with Gasteiger partial charge in [0.2, 0.25) is 0 Å². The van der Waals surface area contributed by atoms with Gasteiger partial charge in [0.1, 0.15) is 0 Å². The predicted molar refractivity (Wildman–Crippen MR) is 71.0 cm³/mol. The van der Waals surface area contributed by atoms with E-state index in [2.05, 4.69) is 0 Å². The topological polar surface area (TPSA) is 26.3 Å². The highest BCUT2D eigenvalue weighted by Gasteiger charge is 2.40. The second-order valence-electron chi connectivity index (χ2n) is 5.15. The van der Waals surface area contributed by atoms with Crippen LogP contribution < -0.4 is 0 Å². The van der Waals surface area contributed by atoms with Gasteiger partial charge in [0.15, 0.2) is 0 Å². The van der Waals surface area contributed by atoms with E-state index in [9.17, 15) is 18.0 Å². The van der Waals surface area contributed by atoms with E-state index < -0.39 is 18.1 Å². The van der Waals surface area contributed by atoms with Crippen LogP contribution in [0.15, 0.2) is 23.8 Å². The van der Waals surface area contributed by atoms with Crippen molar-refractivity contribution in [3.05, 3.63) is 23.8 Å². The average molecular weight is 290 g/mol. The van der Waals surface area contributed by atoms with Crippen LogP contribution in [0.25, 0.3) is 0 Å². The van der Waals surface area contributed by atoms with Gasteiger partial charge < -0.3 is 4.74 Å². The number of carbonyl (C=O) groups excluding carboxylic acids is 1. The van der Waals surface area contributed by atoms with Crippen LogP contribution in [0.2, 0.25) is 0 Å². The van der Waals surface area contributed by atoms with Crippen LogP contribution in [0, 0.1) is 11.8 Å². The van der Waals surface area contributed by atoms with Crippen molar-refractivity contribution in [1.82, 2.24) is 0 Å². The van der Waals surface area contributed by atoms with Crippen LogP contribution in [0.3, 0.4) is 0 Å². The summed E-state index contributed by atoms with van der Waals surface area (Å²) in [6.07, 6.45) is 2.50. The summed E-state index contributed by atoms with van der Waals surface area (Å²) in [5, 5.41) is 0. The molecule has 0 aromatic rings. The van der Waals surface area contributed by atoms with E-state index in [0.717, 1.165) is 5.57 Å². The van der Waals surface area contributed by atoms with E-state index in [0.29, 0.717) is 19.4 Å². The highest BCUT2D eigenvalue weighted by atomic mass is 19.4. The fourth-order valence-electron chi connectivity index (χ4n) is 2.34. The highest BCUT2D eigenvalue weighted by molar-refractivity contribution is 5.83. The van der Waals surface area contributed by atoms with E-state index in [1.165, 1.54) is 6.08 Å². The van der Waals surface area contributed by atoms with E-state index in [1.807, 2.05) is 6.08 Å². The molecule has 0 N–H and O–H groups in total. The molecule has 0 aromatic carbocycles. The van der Waals surface area contributed by atoms with E-state index >= 15 is 0 Å². The number of ether oxygens (including phenoxy) is 1. The SMILES string of the molecule is CCOC(=O)/C=C(C)/C=C/C1CCC(C(F)(F)F)CC1. The minimum Gasteiger partial charge on any atom is -0.463 e. The fraction of sp³-hybridized carbons (Fsp3) is 0.667. The Hall–Kier alpha value is -1.26. The summed E-state index contributed by atoms with van der Waals surface area (Å²) in [5.41, 5.74) is 0.751. The van der Waals surface area contributed by atoms with Gasteiger partial charge >= 0.3 is 12.1 Å². The lowest BCUT2D eigenvalue weighted by Crippen LogP contribution is -2.27. The van der Waals surface area contributed by atoms with E-state index in [1.54, 1.807) is 19.9 Å². The lowest BCUT2D eigenvalue weighted by Gasteiger charge is -2.28. The third kappa shape index (κ3) is 5.80. The third-order valence-corrected chi connectivity index (χ3v) is 3.50. The van der Waals surface area contributed by atoms with Gasteiger partial charge in [0.05, 0.1) is 12.5 Å². The van der Waals surface area contributed by atoms with Gasteiger partial charge in [-0.25, -0.2) is 4.79 Å². The van der Waals surface area contributed by atoms with E-state index in [-0.39, 0.29) is 18.8 Å². The summed E-state index contributed by atoms with van der Waals surface area (Å²) in [7, 11) is 0. The lowest BCUT2D eigenvalue weighted by molar-refractivity contribution is -0.183. The van der Waals surface area contributed by atoms with Crippen molar-refractivity contribution in [3.8, 4) is 0 Å². The molecule has 0 heterocycles. The highest BCUT2D eigenvalue weighted by Crippen LogP contribution is 2.39. The smallest absolute Gasteiger partial charge is 0.391 e. The Labute approximate surface area is 117 Å². The Morgan fingerprint density at radius 2 is 1.85 bits per heavy atom. The first-order valence-corrected chi connectivity index (χ1v) is 6.93. The largest absolute Gasteiger partial charge is 0.463 e. The molecular formula is C15H21F3O2. The van der Waals surface area contributed by atoms with Crippen molar-refractivity contribution in [2.24, 2.45) is 11.8 Å².